The Labute approximate surface area is 139 Å². The molecule has 0 bridgehead atoms. The van der Waals surface area contributed by atoms with Gasteiger partial charge in [0, 0.05) is 12.6 Å². The number of β-amino-alcohol motifs (C(OH)–C–C–N with tert-alkyl or cyclic N) is 1. The van der Waals surface area contributed by atoms with Gasteiger partial charge in [0.25, 0.3) is 0 Å². The molecule has 23 heavy (non-hydrogen) atoms. The van der Waals surface area contributed by atoms with Crippen LogP contribution in [-0.4, -0.2) is 29.1 Å². The first-order valence-corrected chi connectivity index (χ1v) is 9.23. The van der Waals surface area contributed by atoms with E-state index in [1.807, 2.05) is 0 Å². The van der Waals surface area contributed by atoms with Crippen molar-refractivity contribution < 1.29 is 5.11 Å². The molecule has 2 aromatic rings. The second-order valence-electron chi connectivity index (χ2n) is 7.33. The molecule has 4 rings (SSSR count). The van der Waals surface area contributed by atoms with Crippen LogP contribution >= 0.6 is 0 Å². The van der Waals surface area contributed by atoms with Gasteiger partial charge in [-0.15, -0.1) is 0 Å². The SMILES string of the molecule is OC(CN1CCCC2CCCCC21)c1cccc2ccccc12. The highest BCUT2D eigenvalue weighted by atomic mass is 16.3. The zero-order valence-electron chi connectivity index (χ0n) is 13.8. The Hall–Kier alpha value is -1.38. The second-order valence-corrected chi connectivity index (χ2v) is 7.33. The Morgan fingerprint density at radius 1 is 0.957 bits per heavy atom. The average Bonchev–Trinajstić information content (AvgIpc) is 2.61. The molecule has 3 atom stereocenters. The number of hydrogen-bond acceptors (Lipinski definition) is 2. The van der Waals surface area contributed by atoms with Crippen molar-refractivity contribution in [3.05, 3.63) is 48.0 Å². The molecule has 3 unspecified atom stereocenters. The third-order valence-electron chi connectivity index (χ3n) is 5.95. The third kappa shape index (κ3) is 3.02. The molecule has 1 aliphatic heterocycles. The predicted octanol–water partition coefficient (Wildman–Crippen LogP) is 4.53. The molecular weight excluding hydrogens is 282 g/mol. The average molecular weight is 309 g/mol. The molecule has 0 aromatic heterocycles. The molecule has 2 nitrogen and oxygen atoms in total. The van der Waals surface area contributed by atoms with Crippen LogP contribution in [0.25, 0.3) is 10.8 Å². The van der Waals surface area contributed by atoms with Gasteiger partial charge in [0.15, 0.2) is 0 Å². The lowest BCUT2D eigenvalue weighted by Gasteiger charge is -2.44. The van der Waals surface area contributed by atoms with Gasteiger partial charge in [-0.05, 0) is 54.5 Å². The normalized spacial score (nSPS) is 26.8. The fourth-order valence-electron chi connectivity index (χ4n) is 4.82. The van der Waals surface area contributed by atoms with Gasteiger partial charge in [-0.3, -0.25) is 4.90 Å². The summed E-state index contributed by atoms with van der Waals surface area (Å²) in [7, 11) is 0. The van der Waals surface area contributed by atoms with Crippen LogP contribution in [0.2, 0.25) is 0 Å². The standard InChI is InChI=1S/C21H27NO/c23-21(19-12-5-9-16-7-1-3-11-18(16)19)15-22-14-6-10-17-8-2-4-13-20(17)22/h1,3,5,7,9,11-12,17,20-21,23H,2,4,6,8,10,13-15H2. The fraction of sp³-hybridized carbons (Fsp3) is 0.524. The Kier molecular flexibility index (Phi) is 4.37. The van der Waals surface area contributed by atoms with Crippen LogP contribution in [0.5, 0.6) is 0 Å². The maximum Gasteiger partial charge on any atom is 0.0923 e. The van der Waals surface area contributed by atoms with Crippen LogP contribution in [0.3, 0.4) is 0 Å². The largest absolute Gasteiger partial charge is 0.387 e. The summed E-state index contributed by atoms with van der Waals surface area (Å²) in [6.45, 7) is 1.94. The minimum absolute atomic E-state index is 0.387. The van der Waals surface area contributed by atoms with E-state index < -0.39 is 0 Å². The first kappa shape index (κ1) is 15.2. The molecule has 2 aliphatic rings. The van der Waals surface area contributed by atoms with Crippen molar-refractivity contribution in [2.75, 3.05) is 13.1 Å². The van der Waals surface area contributed by atoms with Crippen molar-refractivity contribution in [3.63, 3.8) is 0 Å². The number of aliphatic hydroxyl groups is 1. The van der Waals surface area contributed by atoms with Gasteiger partial charge < -0.3 is 5.11 Å². The van der Waals surface area contributed by atoms with Gasteiger partial charge in [0.05, 0.1) is 6.10 Å². The summed E-state index contributed by atoms with van der Waals surface area (Å²) in [6.07, 6.45) is 7.79. The Morgan fingerprint density at radius 2 is 1.74 bits per heavy atom. The van der Waals surface area contributed by atoms with Crippen molar-refractivity contribution >= 4 is 10.8 Å². The molecule has 1 aliphatic carbocycles. The third-order valence-corrected chi connectivity index (χ3v) is 5.95. The highest BCUT2D eigenvalue weighted by Crippen LogP contribution is 2.36. The summed E-state index contributed by atoms with van der Waals surface area (Å²) < 4.78 is 0. The molecular formula is C21H27NO. The van der Waals surface area contributed by atoms with Crippen LogP contribution in [0.15, 0.2) is 42.5 Å². The van der Waals surface area contributed by atoms with E-state index in [1.54, 1.807) is 0 Å². The number of hydrogen-bond donors (Lipinski definition) is 1. The van der Waals surface area contributed by atoms with Crippen LogP contribution in [0, 0.1) is 5.92 Å². The van der Waals surface area contributed by atoms with Gasteiger partial charge in [0.1, 0.15) is 0 Å². The van der Waals surface area contributed by atoms with E-state index in [2.05, 4.69) is 47.4 Å². The number of fused-ring (bicyclic) bond motifs is 2. The number of rotatable bonds is 3. The Bertz CT molecular complexity index is 660. The molecule has 2 heteroatoms. The van der Waals surface area contributed by atoms with E-state index in [4.69, 9.17) is 0 Å². The molecule has 1 heterocycles. The highest BCUT2D eigenvalue weighted by Gasteiger charge is 2.34. The van der Waals surface area contributed by atoms with Gasteiger partial charge in [-0.25, -0.2) is 0 Å². The van der Waals surface area contributed by atoms with Gasteiger partial charge in [-0.2, -0.15) is 0 Å². The van der Waals surface area contributed by atoms with Gasteiger partial charge in [-0.1, -0.05) is 55.3 Å². The zero-order chi connectivity index (χ0) is 15.6. The topological polar surface area (TPSA) is 23.5 Å². The van der Waals surface area contributed by atoms with Crippen molar-refractivity contribution in [2.45, 2.75) is 50.7 Å². The van der Waals surface area contributed by atoms with Crippen molar-refractivity contribution in [1.29, 1.82) is 0 Å². The summed E-state index contributed by atoms with van der Waals surface area (Å²) in [6, 6.07) is 15.4. The Balaban J connectivity index is 1.55. The van der Waals surface area contributed by atoms with E-state index >= 15 is 0 Å². The maximum absolute atomic E-state index is 10.9. The van der Waals surface area contributed by atoms with Crippen molar-refractivity contribution in [1.82, 2.24) is 4.90 Å². The number of benzene rings is 2. The lowest BCUT2D eigenvalue weighted by molar-refractivity contribution is 0.0209. The van der Waals surface area contributed by atoms with E-state index in [0.29, 0.717) is 6.04 Å². The van der Waals surface area contributed by atoms with Crippen LogP contribution in [0.4, 0.5) is 0 Å². The first-order valence-electron chi connectivity index (χ1n) is 9.23. The monoisotopic (exact) mass is 309 g/mol. The van der Waals surface area contributed by atoms with E-state index in [-0.39, 0.29) is 6.10 Å². The molecule has 0 amide bonds. The summed E-state index contributed by atoms with van der Waals surface area (Å²) in [4.78, 5) is 2.58. The molecule has 2 fully saturated rings. The van der Waals surface area contributed by atoms with E-state index in [0.717, 1.165) is 24.6 Å². The van der Waals surface area contributed by atoms with Crippen LogP contribution in [-0.2, 0) is 0 Å². The molecule has 1 N–H and O–H groups in total. The second kappa shape index (κ2) is 6.62. The van der Waals surface area contributed by atoms with Crippen LogP contribution < -0.4 is 0 Å². The van der Waals surface area contributed by atoms with Gasteiger partial charge >= 0.3 is 0 Å². The number of aliphatic hydroxyl groups excluding tert-OH is 1. The van der Waals surface area contributed by atoms with E-state index in [9.17, 15) is 5.11 Å². The molecule has 2 aromatic carbocycles. The summed E-state index contributed by atoms with van der Waals surface area (Å²) in [5.74, 6) is 0.872. The van der Waals surface area contributed by atoms with E-state index in [1.165, 1.54) is 49.3 Å². The Morgan fingerprint density at radius 3 is 2.70 bits per heavy atom. The molecule has 1 saturated carbocycles. The summed E-state index contributed by atoms with van der Waals surface area (Å²) >= 11 is 0. The minimum atomic E-state index is -0.387. The van der Waals surface area contributed by atoms with Gasteiger partial charge in [0.2, 0.25) is 0 Å². The minimum Gasteiger partial charge on any atom is -0.387 e. The molecule has 1 saturated heterocycles. The molecule has 0 spiro atoms. The smallest absolute Gasteiger partial charge is 0.0923 e. The zero-order valence-corrected chi connectivity index (χ0v) is 13.8. The lowest BCUT2D eigenvalue weighted by atomic mass is 9.78. The maximum atomic E-state index is 10.9. The number of likely N-dealkylation sites (tertiary alicyclic amines) is 1. The molecule has 122 valence electrons. The van der Waals surface area contributed by atoms with Crippen molar-refractivity contribution in [2.24, 2.45) is 5.92 Å². The number of piperidine rings is 1. The molecule has 0 radical (unpaired) electrons. The quantitative estimate of drug-likeness (QED) is 0.900. The number of nitrogens with zero attached hydrogens (tertiary/aromatic N) is 1. The summed E-state index contributed by atoms with van der Waals surface area (Å²) in [5.41, 5.74) is 1.08. The van der Waals surface area contributed by atoms with Crippen molar-refractivity contribution in [3.8, 4) is 0 Å². The summed E-state index contributed by atoms with van der Waals surface area (Å²) in [5, 5.41) is 13.3. The fourth-order valence-corrected chi connectivity index (χ4v) is 4.82. The predicted molar refractivity (Wildman–Crippen MR) is 95.5 cm³/mol. The first-order chi connectivity index (χ1) is 11.3. The lowest BCUT2D eigenvalue weighted by Crippen LogP contribution is -2.48. The highest BCUT2D eigenvalue weighted by molar-refractivity contribution is 5.85. The van der Waals surface area contributed by atoms with Crippen LogP contribution in [0.1, 0.15) is 50.2 Å².